The zero-order valence-electron chi connectivity index (χ0n) is 15.5. The van der Waals surface area contributed by atoms with Crippen LogP contribution < -0.4 is 11.2 Å². The zero-order valence-corrected chi connectivity index (χ0v) is 15.5. The number of carbonyl (C=O) groups excluding carboxylic acids is 2. The van der Waals surface area contributed by atoms with Gasteiger partial charge in [0.1, 0.15) is 25.0 Å². The van der Waals surface area contributed by atoms with Crippen LogP contribution in [0.25, 0.3) is 0 Å². The highest BCUT2D eigenvalue weighted by molar-refractivity contribution is 5.66. The van der Waals surface area contributed by atoms with Crippen LogP contribution in [0, 0.1) is 11.3 Å². The highest BCUT2D eigenvalue weighted by Gasteiger charge is 2.39. The lowest BCUT2D eigenvalue weighted by atomic mass is 10.2. The number of rotatable bonds is 8. The second-order valence-electron chi connectivity index (χ2n) is 6.10. The number of carbonyl (C=O) groups is 2. The Bertz CT molecular complexity index is 868. The number of nitriles is 1. The van der Waals surface area contributed by atoms with Gasteiger partial charge in [-0.2, -0.15) is 5.26 Å². The molecule has 2 rings (SSSR count). The van der Waals surface area contributed by atoms with Crippen LogP contribution >= 0.6 is 0 Å². The summed E-state index contributed by atoms with van der Waals surface area (Å²) in [6.45, 7) is 2.38. The third kappa shape index (κ3) is 5.77. The van der Waals surface area contributed by atoms with Crippen molar-refractivity contribution in [2.45, 2.75) is 51.7 Å². The van der Waals surface area contributed by atoms with Crippen LogP contribution in [0.3, 0.4) is 0 Å². The van der Waals surface area contributed by atoms with Crippen molar-refractivity contribution >= 4 is 11.9 Å². The van der Waals surface area contributed by atoms with Gasteiger partial charge in [-0.15, -0.1) is 0 Å². The van der Waals surface area contributed by atoms with E-state index in [-0.39, 0.29) is 38.2 Å². The average molecular weight is 395 g/mol. The fourth-order valence-corrected chi connectivity index (χ4v) is 2.70. The van der Waals surface area contributed by atoms with E-state index in [0.717, 1.165) is 4.57 Å². The quantitative estimate of drug-likeness (QED) is 0.464. The Balaban J connectivity index is 2.19. The maximum Gasteiger partial charge on any atom is 0.330 e. The number of hydrogen-bond acceptors (Lipinski definition) is 9. The summed E-state index contributed by atoms with van der Waals surface area (Å²) in [5.41, 5.74) is -1.14. The number of nitrogens with zero attached hydrogens (tertiary/aromatic N) is 2. The smallest absolute Gasteiger partial charge is 0.330 e. The summed E-state index contributed by atoms with van der Waals surface area (Å²) in [6.07, 6.45) is -0.718. The van der Waals surface area contributed by atoms with Gasteiger partial charge in [0.2, 0.25) is 0 Å². The van der Waals surface area contributed by atoms with Gasteiger partial charge in [0.15, 0.2) is 0 Å². The molecule has 1 aliphatic heterocycles. The fraction of sp³-hybridized carbons (Fsp3) is 0.588. The molecule has 11 heteroatoms. The van der Waals surface area contributed by atoms with Crippen molar-refractivity contribution in [3.05, 3.63) is 32.6 Å². The average Bonchev–Trinajstić information content (AvgIpc) is 3.00. The van der Waals surface area contributed by atoms with Gasteiger partial charge >= 0.3 is 17.6 Å². The molecule has 1 aromatic rings. The molecule has 0 unspecified atom stereocenters. The molecule has 0 radical (unpaired) electrons. The van der Waals surface area contributed by atoms with E-state index in [1.54, 1.807) is 0 Å². The lowest BCUT2D eigenvalue weighted by molar-refractivity contribution is -0.155. The number of aromatic amines is 1. The van der Waals surface area contributed by atoms with Crippen molar-refractivity contribution in [2.24, 2.45) is 0 Å². The molecule has 2 heterocycles. The first-order valence-electron chi connectivity index (χ1n) is 8.57. The Morgan fingerprint density at radius 3 is 2.75 bits per heavy atom. The van der Waals surface area contributed by atoms with Gasteiger partial charge in [0.05, 0.1) is 31.3 Å². The summed E-state index contributed by atoms with van der Waals surface area (Å²) in [4.78, 5) is 48.7. The van der Waals surface area contributed by atoms with E-state index < -0.39 is 41.6 Å². The van der Waals surface area contributed by atoms with Crippen LogP contribution in [0.2, 0.25) is 0 Å². The van der Waals surface area contributed by atoms with Gasteiger partial charge in [0.25, 0.3) is 5.56 Å². The van der Waals surface area contributed by atoms with E-state index in [4.69, 9.17) is 24.2 Å². The molecule has 0 saturated carbocycles. The lowest BCUT2D eigenvalue weighted by Crippen LogP contribution is -2.34. The minimum atomic E-state index is -0.841. The first kappa shape index (κ1) is 21.3. The van der Waals surface area contributed by atoms with Crippen molar-refractivity contribution in [3.63, 3.8) is 0 Å². The molecular formula is C17H21N3O8. The van der Waals surface area contributed by atoms with E-state index in [1.165, 1.54) is 20.0 Å². The van der Waals surface area contributed by atoms with Gasteiger partial charge in [-0.3, -0.25) is 23.9 Å². The van der Waals surface area contributed by atoms with Crippen LogP contribution in [0.1, 0.15) is 38.5 Å². The molecule has 1 saturated heterocycles. The normalized spacial score (nSPS) is 21.1. The van der Waals surface area contributed by atoms with Crippen molar-refractivity contribution < 1.29 is 28.5 Å². The molecule has 0 amide bonds. The van der Waals surface area contributed by atoms with E-state index >= 15 is 0 Å². The number of ether oxygens (including phenoxy) is 4. The van der Waals surface area contributed by atoms with Gasteiger partial charge in [0, 0.05) is 26.5 Å². The molecule has 0 aromatic carbocycles. The van der Waals surface area contributed by atoms with Crippen LogP contribution in [0.15, 0.2) is 15.8 Å². The van der Waals surface area contributed by atoms with Crippen LogP contribution in [-0.2, 0) is 35.1 Å². The molecule has 0 spiro atoms. The summed E-state index contributed by atoms with van der Waals surface area (Å²) in [5, 5.41) is 8.51. The molecule has 3 atom stereocenters. The number of nitrogens with one attached hydrogen (secondary N) is 1. The topological polar surface area (TPSA) is 150 Å². The molecule has 1 fully saturated rings. The summed E-state index contributed by atoms with van der Waals surface area (Å²) in [7, 11) is 0. The molecule has 11 nitrogen and oxygen atoms in total. The van der Waals surface area contributed by atoms with Crippen LogP contribution in [0.5, 0.6) is 0 Å². The van der Waals surface area contributed by atoms with Gasteiger partial charge in [-0.1, -0.05) is 0 Å². The summed E-state index contributed by atoms with van der Waals surface area (Å²) in [6, 6.07) is 1.92. The lowest BCUT2D eigenvalue weighted by Gasteiger charge is -2.17. The SMILES string of the molecule is CC(=O)OC[C@H]1O[C@@H](n2cc(COCCC#N)c(=O)[nH]c2=O)C[C@@H]1OC(C)=O. The maximum atomic E-state index is 12.2. The van der Waals surface area contributed by atoms with E-state index in [9.17, 15) is 19.2 Å². The minimum absolute atomic E-state index is 0.0890. The van der Waals surface area contributed by atoms with Crippen LogP contribution in [0.4, 0.5) is 0 Å². The molecule has 0 bridgehead atoms. The van der Waals surface area contributed by atoms with Crippen molar-refractivity contribution in [1.82, 2.24) is 9.55 Å². The molecule has 0 aliphatic carbocycles. The third-order valence-electron chi connectivity index (χ3n) is 3.92. The maximum absolute atomic E-state index is 12.2. The van der Waals surface area contributed by atoms with E-state index in [1.807, 2.05) is 6.07 Å². The largest absolute Gasteiger partial charge is 0.463 e. The van der Waals surface area contributed by atoms with Crippen LogP contribution in [-0.4, -0.2) is 46.9 Å². The Morgan fingerprint density at radius 2 is 2.11 bits per heavy atom. The monoisotopic (exact) mass is 395 g/mol. The highest BCUT2D eigenvalue weighted by atomic mass is 16.6. The summed E-state index contributed by atoms with van der Waals surface area (Å²) in [5.74, 6) is -1.06. The van der Waals surface area contributed by atoms with Crippen molar-refractivity contribution in [2.75, 3.05) is 13.2 Å². The Labute approximate surface area is 159 Å². The fourth-order valence-electron chi connectivity index (χ4n) is 2.70. The Hall–Kier alpha value is -2.97. The molecular weight excluding hydrogens is 374 g/mol. The molecule has 1 aromatic heterocycles. The third-order valence-corrected chi connectivity index (χ3v) is 3.92. The highest BCUT2D eigenvalue weighted by Crippen LogP contribution is 2.30. The Kier molecular flexibility index (Phi) is 7.48. The van der Waals surface area contributed by atoms with Crippen molar-refractivity contribution in [3.8, 4) is 6.07 Å². The molecule has 28 heavy (non-hydrogen) atoms. The van der Waals surface area contributed by atoms with Crippen molar-refractivity contribution in [1.29, 1.82) is 5.26 Å². The number of hydrogen-bond donors (Lipinski definition) is 1. The molecule has 152 valence electrons. The van der Waals surface area contributed by atoms with Gasteiger partial charge < -0.3 is 18.9 Å². The predicted molar refractivity (Wildman–Crippen MR) is 91.9 cm³/mol. The number of H-pyrrole nitrogens is 1. The first-order valence-corrected chi connectivity index (χ1v) is 8.57. The predicted octanol–water partition coefficient (Wildman–Crippen LogP) is -0.251. The number of esters is 2. The summed E-state index contributed by atoms with van der Waals surface area (Å²) >= 11 is 0. The van der Waals surface area contributed by atoms with E-state index in [0.29, 0.717) is 0 Å². The zero-order chi connectivity index (χ0) is 20.7. The second-order valence-corrected chi connectivity index (χ2v) is 6.10. The van der Waals surface area contributed by atoms with Gasteiger partial charge in [-0.25, -0.2) is 4.79 Å². The van der Waals surface area contributed by atoms with Gasteiger partial charge in [-0.05, 0) is 0 Å². The van der Waals surface area contributed by atoms with E-state index in [2.05, 4.69) is 4.98 Å². The summed E-state index contributed by atoms with van der Waals surface area (Å²) < 4.78 is 22.2. The Morgan fingerprint density at radius 1 is 1.36 bits per heavy atom. The second kappa shape index (κ2) is 9.82. The minimum Gasteiger partial charge on any atom is -0.463 e. The molecule has 1 aliphatic rings. The molecule has 1 N–H and O–H groups in total. The standard InChI is InChI=1S/C17H21N3O8/c1-10(21)26-9-14-13(27-11(2)22)6-15(28-14)20-7-12(8-25-5-3-4-18)16(23)19-17(20)24/h7,13-15H,3,5-6,8-9H2,1-2H3,(H,19,23,24)/t13-,14+,15+/m0/s1. The first-order chi connectivity index (χ1) is 13.3. The number of aromatic nitrogens is 2.